The van der Waals surface area contributed by atoms with E-state index in [1.54, 1.807) is 6.07 Å². The Bertz CT molecular complexity index is 945. The maximum Gasteiger partial charge on any atom is 0.218 e. The molecule has 0 aliphatic rings. The Balaban J connectivity index is 1.84. The van der Waals surface area contributed by atoms with Crippen molar-refractivity contribution in [1.82, 2.24) is 14.8 Å². The molecule has 3 aromatic rings. The lowest BCUT2D eigenvalue weighted by atomic mass is 9.96. The smallest absolute Gasteiger partial charge is 0.218 e. The van der Waals surface area contributed by atoms with Crippen molar-refractivity contribution in [2.75, 3.05) is 12.3 Å². The van der Waals surface area contributed by atoms with Gasteiger partial charge in [-0.3, -0.25) is 0 Å². The molecule has 7 nitrogen and oxygen atoms in total. The summed E-state index contributed by atoms with van der Waals surface area (Å²) < 4.78 is 16.1. The van der Waals surface area contributed by atoms with Crippen molar-refractivity contribution in [3.63, 3.8) is 0 Å². The number of nitrogens with zero attached hydrogens (tertiary/aromatic N) is 6. The second-order valence-corrected chi connectivity index (χ2v) is 5.83. The van der Waals surface area contributed by atoms with E-state index in [9.17, 15) is 4.39 Å². The minimum atomic E-state index is -0.295. The summed E-state index contributed by atoms with van der Waals surface area (Å²) in [7, 11) is 0. The van der Waals surface area contributed by atoms with Gasteiger partial charge in [0.2, 0.25) is 5.95 Å². The zero-order valence-corrected chi connectivity index (χ0v) is 14.2. The van der Waals surface area contributed by atoms with E-state index in [0.29, 0.717) is 17.9 Å². The zero-order chi connectivity index (χ0) is 18.5. The van der Waals surface area contributed by atoms with E-state index in [0.717, 1.165) is 11.1 Å². The molecule has 2 N–H and O–H groups in total. The summed E-state index contributed by atoms with van der Waals surface area (Å²) in [5.74, 6) is 0.213. The third-order valence-corrected chi connectivity index (χ3v) is 4.16. The fourth-order valence-electron chi connectivity index (χ4n) is 2.71. The van der Waals surface area contributed by atoms with E-state index in [-0.39, 0.29) is 24.2 Å². The van der Waals surface area contributed by atoms with Gasteiger partial charge < -0.3 is 5.73 Å². The molecule has 0 saturated heterocycles. The van der Waals surface area contributed by atoms with Gasteiger partial charge in [0.15, 0.2) is 5.82 Å². The van der Waals surface area contributed by atoms with Gasteiger partial charge in [-0.25, -0.2) is 9.07 Å². The van der Waals surface area contributed by atoms with Crippen molar-refractivity contribution in [2.45, 2.75) is 19.4 Å². The highest BCUT2D eigenvalue weighted by molar-refractivity contribution is 5.64. The second-order valence-electron chi connectivity index (χ2n) is 5.83. The van der Waals surface area contributed by atoms with Gasteiger partial charge in [-0.05, 0) is 22.7 Å². The fraction of sp³-hybridized carbons (Fsp3) is 0.222. The molecule has 26 heavy (non-hydrogen) atoms. The average Bonchev–Trinajstić information content (AvgIpc) is 3.03. The Morgan fingerprint density at radius 1 is 1.27 bits per heavy atom. The van der Waals surface area contributed by atoms with Gasteiger partial charge in [0.25, 0.3) is 0 Å². The molecule has 0 aliphatic heterocycles. The number of azide groups is 1. The SMILES string of the molecule is CC(c1ccc(-c2ccccc2)c(F)c1)c1nc(N)n(CCN=[N+]=[N-])n1. The molecule has 8 heteroatoms. The molecule has 0 spiro atoms. The van der Waals surface area contributed by atoms with Crippen LogP contribution in [0.4, 0.5) is 10.3 Å². The van der Waals surface area contributed by atoms with Crippen LogP contribution in [0.2, 0.25) is 0 Å². The van der Waals surface area contributed by atoms with Gasteiger partial charge in [-0.1, -0.05) is 54.5 Å². The number of halogens is 1. The summed E-state index contributed by atoms with van der Waals surface area (Å²) >= 11 is 0. The van der Waals surface area contributed by atoms with Gasteiger partial charge in [0.05, 0.1) is 6.54 Å². The van der Waals surface area contributed by atoms with Crippen LogP contribution in [0, 0.1) is 5.82 Å². The fourth-order valence-corrected chi connectivity index (χ4v) is 2.71. The van der Waals surface area contributed by atoms with Gasteiger partial charge in [-0.2, -0.15) is 10.1 Å². The lowest BCUT2D eigenvalue weighted by Crippen LogP contribution is -2.07. The second kappa shape index (κ2) is 7.67. The first-order valence-corrected chi connectivity index (χ1v) is 8.16. The monoisotopic (exact) mass is 351 g/mol. The van der Waals surface area contributed by atoms with E-state index in [4.69, 9.17) is 11.3 Å². The Labute approximate surface area is 149 Å². The topological polar surface area (TPSA) is 105 Å². The van der Waals surface area contributed by atoms with Crippen molar-refractivity contribution in [3.8, 4) is 11.1 Å². The number of nitrogens with two attached hydrogens (primary N) is 1. The van der Waals surface area contributed by atoms with Gasteiger partial charge in [-0.15, -0.1) is 0 Å². The van der Waals surface area contributed by atoms with Gasteiger partial charge in [0, 0.05) is 22.9 Å². The molecule has 1 heterocycles. The Kier molecular flexibility index (Phi) is 5.15. The van der Waals surface area contributed by atoms with Crippen LogP contribution < -0.4 is 5.73 Å². The van der Waals surface area contributed by atoms with Gasteiger partial charge in [0.1, 0.15) is 5.82 Å². The van der Waals surface area contributed by atoms with Crippen LogP contribution >= 0.6 is 0 Å². The molecule has 0 bridgehead atoms. The molecule has 132 valence electrons. The summed E-state index contributed by atoms with van der Waals surface area (Å²) in [6, 6.07) is 14.5. The molecule has 0 radical (unpaired) electrons. The Hall–Kier alpha value is -3.38. The molecule has 1 atom stereocenters. The minimum absolute atomic E-state index is 0.225. The predicted molar refractivity (Wildman–Crippen MR) is 97.8 cm³/mol. The van der Waals surface area contributed by atoms with E-state index in [1.165, 1.54) is 10.7 Å². The highest BCUT2D eigenvalue weighted by Gasteiger charge is 2.17. The Morgan fingerprint density at radius 2 is 2.04 bits per heavy atom. The molecule has 1 aromatic heterocycles. The zero-order valence-electron chi connectivity index (χ0n) is 14.2. The third-order valence-electron chi connectivity index (χ3n) is 4.16. The van der Waals surface area contributed by atoms with Gasteiger partial charge >= 0.3 is 0 Å². The molecule has 0 amide bonds. The summed E-state index contributed by atoms with van der Waals surface area (Å²) in [6.07, 6.45) is 0. The minimum Gasteiger partial charge on any atom is -0.368 e. The molecule has 2 aromatic carbocycles. The summed E-state index contributed by atoms with van der Waals surface area (Å²) in [5.41, 5.74) is 16.3. The number of aromatic nitrogens is 3. The quantitative estimate of drug-likeness (QED) is 0.410. The van der Waals surface area contributed by atoms with Crippen LogP contribution in [0.3, 0.4) is 0 Å². The first kappa shape index (κ1) is 17.4. The lowest BCUT2D eigenvalue weighted by Gasteiger charge is -2.10. The summed E-state index contributed by atoms with van der Waals surface area (Å²) in [4.78, 5) is 6.94. The molecule has 0 fully saturated rings. The van der Waals surface area contributed by atoms with E-state index < -0.39 is 0 Å². The maximum atomic E-state index is 14.6. The number of anilines is 1. The number of rotatable bonds is 6. The number of nitrogen functional groups attached to an aromatic ring is 1. The number of benzene rings is 2. The van der Waals surface area contributed by atoms with Crippen LogP contribution in [0.25, 0.3) is 21.6 Å². The summed E-state index contributed by atoms with van der Waals surface area (Å²) in [5, 5.41) is 7.80. The highest BCUT2D eigenvalue weighted by Crippen LogP contribution is 2.28. The van der Waals surface area contributed by atoms with Crippen molar-refractivity contribution in [2.24, 2.45) is 5.11 Å². The lowest BCUT2D eigenvalue weighted by molar-refractivity contribution is 0.613. The van der Waals surface area contributed by atoms with Crippen LogP contribution in [-0.4, -0.2) is 21.3 Å². The first-order valence-electron chi connectivity index (χ1n) is 8.16. The largest absolute Gasteiger partial charge is 0.368 e. The molecular weight excluding hydrogens is 333 g/mol. The Morgan fingerprint density at radius 3 is 2.73 bits per heavy atom. The van der Waals surface area contributed by atoms with Crippen molar-refractivity contribution in [3.05, 3.63) is 76.2 Å². The molecule has 0 saturated carbocycles. The maximum absolute atomic E-state index is 14.6. The molecule has 0 aliphatic carbocycles. The van der Waals surface area contributed by atoms with Crippen LogP contribution in [0.5, 0.6) is 0 Å². The van der Waals surface area contributed by atoms with E-state index >= 15 is 0 Å². The van der Waals surface area contributed by atoms with Crippen LogP contribution in [-0.2, 0) is 6.54 Å². The molecule has 3 rings (SSSR count). The molecular formula is C18H18FN7. The van der Waals surface area contributed by atoms with Crippen molar-refractivity contribution >= 4 is 5.95 Å². The molecule has 1 unspecified atom stereocenters. The highest BCUT2D eigenvalue weighted by atomic mass is 19.1. The van der Waals surface area contributed by atoms with E-state index in [2.05, 4.69) is 20.1 Å². The van der Waals surface area contributed by atoms with Crippen LogP contribution in [0.15, 0.2) is 53.6 Å². The first-order chi connectivity index (χ1) is 12.6. The third kappa shape index (κ3) is 3.65. The standard InChI is InChI=1S/C18H18FN7/c1-12(17-23-18(20)26(24-17)10-9-22-25-21)14-7-8-15(16(19)11-14)13-5-3-2-4-6-13/h2-8,11-12H,9-10H2,1H3,(H2,20,23,24). The number of hydrogen-bond donors (Lipinski definition) is 1. The average molecular weight is 351 g/mol. The van der Waals surface area contributed by atoms with E-state index in [1.807, 2.05) is 43.3 Å². The predicted octanol–water partition coefficient (Wildman–Crippen LogP) is 4.13. The summed E-state index contributed by atoms with van der Waals surface area (Å²) in [6.45, 7) is 2.47. The van der Waals surface area contributed by atoms with Crippen molar-refractivity contribution in [1.29, 1.82) is 0 Å². The van der Waals surface area contributed by atoms with Crippen LogP contribution in [0.1, 0.15) is 24.2 Å². The number of hydrogen-bond acceptors (Lipinski definition) is 4. The normalized spacial score (nSPS) is 11.8. The van der Waals surface area contributed by atoms with Crippen molar-refractivity contribution < 1.29 is 4.39 Å².